The second-order valence-corrected chi connectivity index (χ2v) is 4.70. The van der Waals surface area contributed by atoms with E-state index in [1.807, 2.05) is 18.2 Å². The largest absolute Gasteiger partial charge is 0.454 e. The van der Waals surface area contributed by atoms with Crippen LogP contribution < -0.4 is 20.5 Å². The Hall–Kier alpha value is -1.26. The van der Waals surface area contributed by atoms with Crippen molar-refractivity contribution in [3.8, 4) is 11.5 Å². The molecular weight excluding hydrogens is 216 g/mol. The third-order valence-corrected chi connectivity index (χ3v) is 2.81. The Morgan fingerprint density at radius 3 is 2.76 bits per heavy atom. The van der Waals surface area contributed by atoms with Crippen molar-refractivity contribution in [2.24, 2.45) is 11.7 Å². The highest BCUT2D eigenvalue weighted by atomic mass is 16.7. The molecule has 1 heterocycles. The molecule has 0 spiro atoms. The predicted octanol–water partition coefficient (Wildman–Crippen LogP) is 1.66. The van der Waals surface area contributed by atoms with E-state index in [1.54, 1.807) is 0 Å². The van der Waals surface area contributed by atoms with E-state index in [0.29, 0.717) is 19.3 Å². The van der Waals surface area contributed by atoms with Crippen LogP contribution in [-0.2, 0) is 0 Å². The Labute approximate surface area is 102 Å². The van der Waals surface area contributed by atoms with Crippen LogP contribution in [0.2, 0.25) is 0 Å². The van der Waals surface area contributed by atoms with Crippen LogP contribution in [0.1, 0.15) is 25.5 Å². The number of hydrogen-bond acceptors (Lipinski definition) is 4. The molecule has 1 aliphatic rings. The van der Waals surface area contributed by atoms with Crippen LogP contribution in [0.4, 0.5) is 0 Å². The smallest absolute Gasteiger partial charge is 0.231 e. The van der Waals surface area contributed by atoms with Crippen LogP contribution in [0, 0.1) is 5.92 Å². The molecule has 1 aliphatic heterocycles. The van der Waals surface area contributed by atoms with E-state index < -0.39 is 0 Å². The van der Waals surface area contributed by atoms with Crippen molar-refractivity contribution in [1.29, 1.82) is 0 Å². The van der Waals surface area contributed by atoms with Gasteiger partial charge in [0.25, 0.3) is 0 Å². The van der Waals surface area contributed by atoms with Gasteiger partial charge in [0.05, 0.1) is 0 Å². The monoisotopic (exact) mass is 236 g/mol. The molecule has 1 unspecified atom stereocenters. The first-order valence-electron chi connectivity index (χ1n) is 6.03. The summed E-state index contributed by atoms with van der Waals surface area (Å²) in [4.78, 5) is 0. The van der Waals surface area contributed by atoms with Crippen LogP contribution in [0.15, 0.2) is 18.2 Å². The van der Waals surface area contributed by atoms with Gasteiger partial charge in [0.2, 0.25) is 6.79 Å². The minimum absolute atomic E-state index is 0.173. The molecule has 1 atom stereocenters. The molecule has 0 amide bonds. The zero-order valence-corrected chi connectivity index (χ0v) is 10.4. The van der Waals surface area contributed by atoms with E-state index in [0.717, 1.165) is 23.6 Å². The lowest BCUT2D eigenvalue weighted by Gasteiger charge is -2.19. The van der Waals surface area contributed by atoms with Gasteiger partial charge in [0, 0.05) is 12.6 Å². The summed E-state index contributed by atoms with van der Waals surface area (Å²) >= 11 is 0. The Balaban J connectivity index is 2.08. The van der Waals surface area contributed by atoms with E-state index in [4.69, 9.17) is 15.2 Å². The van der Waals surface area contributed by atoms with Crippen LogP contribution in [-0.4, -0.2) is 19.9 Å². The molecule has 0 saturated carbocycles. The molecule has 94 valence electrons. The third-order valence-electron chi connectivity index (χ3n) is 2.81. The molecule has 2 rings (SSSR count). The Bertz CT molecular complexity index is 380. The van der Waals surface area contributed by atoms with Crippen molar-refractivity contribution >= 4 is 0 Å². The van der Waals surface area contributed by atoms with Crippen LogP contribution in [0.25, 0.3) is 0 Å². The third kappa shape index (κ3) is 2.90. The summed E-state index contributed by atoms with van der Waals surface area (Å²) < 4.78 is 10.7. The van der Waals surface area contributed by atoms with Gasteiger partial charge in [-0.3, -0.25) is 0 Å². The van der Waals surface area contributed by atoms with E-state index in [9.17, 15) is 0 Å². The van der Waals surface area contributed by atoms with Gasteiger partial charge in [-0.25, -0.2) is 0 Å². The average molecular weight is 236 g/mol. The highest BCUT2D eigenvalue weighted by Gasteiger charge is 2.17. The number of rotatable bonds is 5. The molecule has 4 nitrogen and oxygen atoms in total. The Morgan fingerprint density at radius 2 is 2.06 bits per heavy atom. The van der Waals surface area contributed by atoms with Gasteiger partial charge < -0.3 is 20.5 Å². The molecule has 3 N–H and O–H groups in total. The second-order valence-electron chi connectivity index (χ2n) is 4.70. The lowest BCUT2D eigenvalue weighted by Crippen LogP contribution is -2.30. The van der Waals surface area contributed by atoms with Crippen molar-refractivity contribution in [2.75, 3.05) is 19.9 Å². The van der Waals surface area contributed by atoms with Crippen molar-refractivity contribution in [3.05, 3.63) is 23.8 Å². The summed E-state index contributed by atoms with van der Waals surface area (Å²) in [5, 5.41) is 3.45. The highest BCUT2D eigenvalue weighted by molar-refractivity contribution is 5.45. The molecule has 0 radical (unpaired) electrons. The van der Waals surface area contributed by atoms with E-state index in [1.165, 1.54) is 0 Å². The summed E-state index contributed by atoms with van der Waals surface area (Å²) in [6.07, 6.45) is 0. The van der Waals surface area contributed by atoms with Crippen molar-refractivity contribution in [2.45, 2.75) is 19.9 Å². The number of nitrogens with two attached hydrogens (primary N) is 1. The zero-order valence-electron chi connectivity index (χ0n) is 10.4. The maximum absolute atomic E-state index is 5.80. The fourth-order valence-corrected chi connectivity index (χ4v) is 1.85. The fraction of sp³-hybridized carbons (Fsp3) is 0.538. The number of ether oxygens (including phenoxy) is 2. The quantitative estimate of drug-likeness (QED) is 0.816. The lowest BCUT2D eigenvalue weighted by atomic mass is 10.1. The van der Waals surface area contributed by atoms with E-state index in [2.05, 4.69) is 19.2 Å². The molecule has 1 aromatic carbocycles. The van der Waals surface area contributed by atoms with Gasteiger partial charge in [0.1, 0.15) is 0 Å². The van der Waals surface area contributed by atoms with Gasteiger partial charge >= 0.3 is 0 Å². The molecule has 0 fully saturated rings. The zero-order chi connectivity index (χ0) is 12.3. The number of fused-ring (bicyclic) bond motifs is 1. The summed E-state index contributed by atoms with van der Waals surface area (Å²) in [5.74, 6) is 2.23. The van der Waals surface area contributed by atoms with Gasteiger partial charge in [-0.1, -0.05) is 19.9 Å². The minimum Gasteiger partial charge on any atom is -0.454 e. The van der Waals surface area contributed by atoms with Gasteiger partial charge in [-0.05, 0) is 30.2 Å². The Morgan fingerprint density at radius 1 is 1.29 bits per heavy atom. The molecule has 1 aromatic rings. The number of nitrogens with one attached hydrogen (secondary N) is 1. The molecular formula is C13H20N2O2. The summed E-state index contributed by atoms with van der Waals surface area (Å²) in [6, 6.07) is 6.16. The molecule has 0 aromatic heterocycles. The topological polar surface area (TPSA) is 56.5 Å². The number of hydrogen-bond donors (Lipinski definition) is 2. The first-order chi connectivity index (χ1) is 8.20. The summed E-state index contributed by atoms with van der Waals surface area (Å²) in [7, 11) is 0. The van der Waals surface area contributed by atoms with Gasteiger partial charge in [0.15, 0.2) is 11.5 Å². The van der Waals surface area contributed by atoms with Gasteiger partial charge in [-0.15, -0.1) is 0 Å². The standard InChI is InChI=1S/C13H20N2O2/c1-9(2)7-15-11(6-14)10-3-4-12-13(5-10)17-8-16-12/h3-5,9,11,15H,6-8,14H2,1-2H3. The minimum atomic E-state index is 0.173. The van der Waals surface area contributed by atoms with Crippen molar-refractivity contribution in [1.82, 2.24) is 5.32 Å². The fourth-order valence-electron chi connectivity index (χ4n) is 1.85. The maximum Gasteiger partial charge on any atom is 0.231 e. The summed E-state index contributed by atoms with van der Waals surface area (Å²) in [5.41, 5.74) is 6.95. The predicted molar refractivity (Wildman–Crippen MR) is 67.2 cm³/mol. The first-order valence-corrected chi connectivity index (χ1v) is 6.03. The lowest BCUT2D eigenvalue weighted by molar-refractivity contribution is 0.174. The normalized spacial score (nSPS) is 15.3. The SMILES string of the molecule is CC(C)CNC(CN)c1ccc2c(c1)OCO2. The molecule has 0 bridgehead atoms. The van der Waals surface area contributed by atoms with Crippen LogP contribution in [0.3, 0.4) is 0 Å². The Kier molecular flexibility index (Phi) is 3.86. The maximum atomic E-state index is 5.80. The summed E-state index contributed by atoms with van der Waals surface area (Å²) in [6.45, 7) is 6.20. The van der Waals surface area contributed by atoms with Crippen LogP contribution >= 0.6 is 0 Å². The van der Waals surface area contributed by atoms with Crippen molar-refractivity contribution in [3.63, 3.8) is 0 Å². The molecule has 0 aliphatic carbocycles. The second kappa shape index (κ2) is 5.38. The highest BCUT2D eigenvalue weighted by Crippen LogP contribution is 2.34. The molecule has 17 heavy (non-hydrogen) atoms. The molecule has 4 heteroatoms. The first kappa shape index (κ1) is 12.2. The van der Waals surface area contributed by atoms with E-state index in [-0.39, 0.29) is 6.04 Å². The van der Waals surface area contributed by atoms with Crippen LogP contribution in [0.5, 0.6) is 11.5 Å². The number of benzene rings is 1. The van der Waals surface area contributed by atoms with Gasteiger partial charge in [-0.2, -0.15) is 0 Å². The van der Waals surface area contributed by atoms with E-state index >= 15 is 0 Å². The van der Waals surface area contributed by atoms with Crippen molar-refractivity contribution < 1.29 is 9.47 Å². The molecule has 0 saturated heterocycles. The average Bonchev–Trinajstić information content (AvgIpc) is 2.76.